The summed E-state index contributed by atoms with van der Waals surface area (Å²) in [6.07, 6.45) is 3.37. The van der Waals surface area contributed by atoms with Crippen molar-refractivity contribution in [3.05, 3.63) is 63.0 Å². The molecule has 0 aliphatic rings. The minimum Gasteiger partial charge on any atom is -0.462 e. The molecular formula is C17H17ClFN3O4. The van der Waals surface area contributed by atoms with E-state index in [1.807, 2.05) is 0 Å². The third-order valence-electron chi connectivity index (χ3n) is 3.49. The number of nitrogens with one attached hydrogen (secondary N) is 1. The number of hydrogen-bond donors (Lipinski definition) is 1. The molecule has 0 unspecified atom stereocenters. The Morgan fingerprint density at radius 3 is 2.73 bits per heavy atom. The molecule has 1 N–H and O–H groups in total. The van der Waals surface area contributed by atoms with Crippen molar-refractivity contribution in [3.63, 3.8) is 0 Å². The Kier molecular flexibility index (Phi) is 7.28. The Hall–Kier alpha value is -2.74. The first-order valence-electron chi connectivity index (χ1n) is 7.94. The van der Waals surface area contributed by atoms with Crippen LogP contribution in [-0.4, -0.2) is 29.0 Å². The zero-order chi connectivity index (χ0) is 18.9. The number of nitro groups is 1. The van der Waals surface area contributed by atoms with E-state index in [4.69, 9.17) is 16.3 Å². The summed E-state index contributed by atoms with van der Waals surface area (Å²) in [7, 11) is 0. The average molecular weight is 382 g/mol. The van der Waals surface area contributed by atoms with Crippen LogP contribution in [0.1, 0.15) is 29.6 Å². The van der Waals surface area contributed by atoms with Gasteiger partial charge in [0.05, 0.1) is 16.6 Å². The molecule has 2 rings (SSSR count). The summed E-state index contributed by atoms with van der Waals surface area (Å²) in [4.78, 5) is 25.8. The van der Waals surface area contributed by atoms with E-state index < -0.39 is 16.7 Å². The molecule has 1 aromatic carbocycles. The van der Waals surface area contributed by atoms with Gasteiger partial charge in [0, 0.05) is 12.6 Å². The first-order valence-corrected chi connectivity index (χ1v) is 8.32. The number of hydrogen-bond acceptors (Lipinski definition) is 6. The first-order chi connectivity index (χ1) is 12.5. The number of anilines is 1. The number of rotatable bonds is 9. The second-order valence-corrected chi connectivity index (χ2v) is 5.79. The van der Waals surface area contributed by atoms with Gasteiger partial charge < -0.3 is 10.1 Å². The number of pyridine rings is 1. The number of nitrogens with zero attached hydrogens (tertiary/aromatic N) is 2. The zero-order valence-corrected chi connectivity index (χ0v) is 14.5. The molecule has 26 heavy (non-hydrogen) atoms. The van der Waals surface area contributed by atoms with Crippen LogP contribution in [0.2, 0.25) is 5.02 Å². The van der Waals surface area contributed by atoms with E-state index in [1.54, 1.807) is 0 Å². The van der Waals surface area contributed by atoms with Gasteiger partial charge in [-0.15, -0.1) is 0 Å². The Balaban J connectivity index is 1.62. The first kappa shape index (κ1) is 19.6. The number of unbranched alkanes of at least 4 members (excludes halogenated alkanes) is 2. The SMILES string of the molecule is O=C(OCCCCCNc1ccc([N+](=O)[O-])cn1)c1c(F)cccc1Cl. The van der Waals surface area contributed by atoms with E-state index in [9.17, 15) is 19.3 Å². The van der Waals surface area contributed by atoms with E-state index in [2.05, 4.69) is 10.3 Å². The molecular weight excluding hydrogens is 365 g/mol. The standard InChI is InChI=1S/C17H17ClFN3O4/c18-13-5-4-6-14(19)16(13)17(23)26-10-3-1-2-9-20-15-8-7-12(11-21-15)22(24)25/h4-8,11H,1-3,9-10H2,(H,20,21). The van der Waals surface area contributed by atoms with Gasteiger partial charge in [-0.25, -0.2) is 14.2 Å². The van der Waals surface area contributed by atoms with E-state index in [0.29, 0.717) is 18.8 Å². The fraction of sp³-hybridized carbons (Fsp3) is 0.294. The van der Waals surface area contributed by atoms with Crippen molar-refractivity contribution >= 4 is 29.1 Å². The van der Waals surface area contributed by atoms with Gasteiger partial charge in [0.2, 0.25) is 0 Å². The van der Waals surface area contributed by atoms with Gasteiger partial charge in [0.1, 0.15) is 23.4 Å². The molecule has 138 valence electrons. The van der Waals surface area contributed by atoms with Crippen LogP contribution < -0.4 is 5.32 Å². The van der Waals surface area contributed by atoms with Gasteiger partial charge in [-0.1, -0.05) is 17.7 Å². The number of halogens is 2. The van der Waals surface area contributed by atoms with Crippen LogP contribution in [0.4, 0.5) is 15.9 Å². The van der Waals surface area contributed by atoms with Gasteiger partial charge in [-0.05, 0) is 37.5 Å². The number of carbonyl (C=O) groups excluding carboxylic acids is 1. The molecule has 0 radical (unpaired) electrons. The van der Waals surface area contributed by atoms with Crippen LogP contribution >= 0.6 is 11.6 Å². The van der Waals surface area contributed by atoms with Crippen LogP contribution in [-0.2, 0) is 4.74 Å². The summed E-state index contributed by atoms with van der Waals surface area (Å²) >= 11 is 5.80. The molecule has 0 saturated carbocycles. The molecule has 1 heterocycles. The molecule has 0 spiro atoms. The van der Waals surface area contributed by atoms with E-state index in [0.717, 1.165) is 18.9 Å². The van der Waals surface area contributed by atoms with Crippen LogP contribution in [0.3, 0.4) is 0 Å². The summed E-state index contributed by atoms with van der Waals surface area (Å²) in [6.45, 7) is 0.789. The average Bonchev–Trinajstić information content (AvgIpc) is 2.61. The second kappa shape index (κ2) is 9.67. The highest BCUT2D eigenvalue weighted by molar-refractivity contribution is 6.33. The van der Waals surface area contributed by atoms with Crippen molar-refractivity contribution in [3.8, 4) is 0 Å². The minimum absolute atomic E-state index is 0.0230. The van der Waals surface area contributed by atoms with Crippen LogP contribution in [0.25, 0.3) is 0 Å². The molecule has 0 saturated heterocycles. The molecule has 0 aliphatic heterocycles. The number of ether oxygens (including phenoxy) is 1. The van der Waals surface area contributed by atoms with Gasteiger partial charge in [0.15, 0.2) is 0 Å². The Bertz CT molecular complexity index is 751. The zero-order valence-electron chi connectivity index (χ0n) is 13.8. The third-order valence-corrected chi connectivity index (χ3v) is 3.80. The molecule has 0 atom stereocenters. The van der Waals surface area contributed by atoms with E-state index in [-0.39, 0.29) is 22.9 Å². The molecule has 9 heteroatoms. The quantitative estimate of drug-likeness (QED) is 0.302. The maximum atomic E-state index is 13.6. The van der Waals surface area contributed by atoms with Crippen molar-refractivity contribution in [1.29, 1.82) is 0 Å². The van der Waals surface area contributed by atoms with Gasteiger partial charge in [-0.3, -0.25) is 10.1 Å². The Morgan fingerprint density at radius 2 is 2.08 bits per heavy atom. The largest absolute Gasteiger partial charge is 0.462 e. The normalized spacial score (nSPS) is 10.4. The Labute approximate surface area is 154 Å². The van der Waals surface area contributed by atoms with Crippen LogP contribution in [0.5, 0.6) is 0 Å². The highest BCUT2D eigenvalue weighted by atomic mass is 35.5. The second-order valence-electron chi connectivity index (χ2n) is 5.38. The predicted octanol–water partition coefficient (Wildman–Crippen LogP) is 4.22. The molecule has 0 bridgehead atoms. The maximum absolute atomic E-state index is 13.6. The van der Waals surface area contributed by atoms with Gasteiger partial charge in [0.25, 0.3) is 5.69 Å². The predicted molar refractivity (Wildman–Crippen MR) is 94.9 cm³/mol. The van der Waals surface area contributed by atoms with Gasteiger partial charge >= 0.3 is 5.97 Å². The van der Waals surface area contributed by atoms with E-state index in [1.165, 1.54) is 30.5 Å². The van der Waals surface area contributed by atoms with Crippen molar-refractivity contribution in [1.82, 2.24) is 4.98 Å². The molecule has 0 aliphatic carbocycles. The number of carbonyl (C=O) groups is 1. The maximum Gasteiger partial charge on any atom is 0.342 e. The molecule has 0 amide bonds. The van der Waals surface area contributed by atoms with Gasteiger partial charge in [-0.2, -0.15) is 0 Å². The summed E-state index contributed by atoms with van der Waals surface area (Å²) in [6, 6.07) is 6.92. The van der Waals surface area contributed by atoms with Crippen molar-refractivity contribution in [2.45, 2.75) is 19.3 Å². The summed E-state index contributed by atoms with van der Waals surface area (Å²) < 4.78 is 18.6. The lowest BCUT2D eigenvalue weighted by Crippen LogP contribution is -2.10. The number of benzene rings is 1. The van der Waals surface area contributed by atoms with Crippen molar-refractivity contribution in [2.75, 3.05) is 18.5 Å². The van der Waals surface area contributed by atoms with Crippen molar-refractivity contribution in [2.24, 2.45) is 0 Å². The third kappa shape index (κ3) is 5.66. The molecule has 1 aromatic heterocycles. The van der Waals surface area contributed by atoms with Crippen LogP contribution in [0, 0.1) is 15.9 Å². The molecule has 7 nitrogen and oxygen atoms in total. The highest BCUT2D eigenvalue weighted by Crippen LogP contribution is 2.20. The smallest absolute Gasteiger partial charge is 0.342 e. The summed E-state index contributed by atoms with van der Waals surface area (Å²) in [5, 5.41) is 13.6. The summed E-state index contributed by atoms with van der Waals surface area (Å²) in [5.41, 5.74) is -0.313. The van der Waals surface area contributed by atoms with E-state index >= 15 is 0 Å². The highest BCUT2D eigenvalue weighted by Gasteiger charge is 2.16. The fourth-order valence-corrected chi connectivity index (χ4v) is 2.39. The lowest BCUT2D eigenvalue weighted by Gasteiger charge is -2.08. The number of esters is 1. The Morgan fingerprint density at radius 1 is 1.27 bits per heavy atom. The number of aromatic nitrogens is 1. The summed E-state index contributed by atoms with van der Waals surface area (Å²) in [5.74, 6) is -0.931. The fourth-order valence-electron chi connectivity index (χ4n) is 2.15. The molecule has 2 aromatic rings. The lowest BCUT2D eigenvalue weighted by atomic mass is 10.2. The lowest BCUT2D eigenvalue weighted by molar-refractivity contribution is -0.385. The molecule has 0 fully saturated rings. The monoisotopic (exact) mass is 381 g/mol. The van der Waals surface area contributed by atoms with Crippen LogP contribution in [0.15, 0.2) is 36.5 Å². The topological polar surface area (TPSA) is 94.4 Å². The van der Waals surface area contributed by atoms with Crippen molar-refractivity contribution < 1.29 is 18.8 Å². The minimum atomic E-state index is -0.777.